The summed E-state index contributed by atoms with van der Waals surface area (Å²) >= 11 is 5.83. The molecule has 1 amide bonds. The van der Waals surface area contributed by atoms with Crippen molar-refractivity contribution < 1.29 is 4.79 Å². The topological polar surface area (TPSA) is 56.4 Å². The Kier molecular flexibility index (Phi) is 3.68. The van der Waals surface area contributed by atoms with Gasteiger partial charge in [0.05, 0.1) is 11.4 Å². The molecule has 0 atom stereocenters. The first-order valence-electron chi connectivity index (χ1n) is 6.55. The van der Waals surface area contributed by atoms with E-state index in [2.05, 4.69) is 16.2 Å². The van der Waals surface area contributed by atoms with Crippen molar-refractivity contribution in [2.24, 2.45) is 0 Å². The predicted molar refractivity (Wildman–Crippen MR) is 84.1 cm³/mol. The van der Waals surface area contributed by atoms with E-state index in [0.29, 0.717) is 17.1 Å². The molecule has 21 heavy (non-hydrogen) atoms. The highest BCUT2D eigenvalue weighted by Gasteiger charge is 2.16. The summed E-state index contributed by atoms with van der Waals surface area (Å²) in [5.74, 6) is -0.107. The summed E-state index contributed by atoms with van der Waals surface area (Å²) in [4.78, 5) is 12.2. The van der Waals surface area contributed by atoms with Crippen LogP contribution in [0.4, 0.5) is 11.4 Å². The summed E-state index contributed by atoms with van der Waals surface area (Å²) < 4.78 is 0. The summed E-state index contributed by atoms with van der Waals surface area (Å²) in [6.45, 7) is 0.471. The third kappa shape index (κ3) is 3.09. The minimum Gasteiger partial charge on any atom is -0.348 e. The van der Waals surface area contributed by atoms with Crippen molar-refractivity contribution in [2.45, 2.75) is 6.54 Å². The fraction of sp³-hybridized carbons (Fsp3) is 0.133. The van der Waals surface area contributed by atoms with Gasteiger partial charge in [0.25, 0.3) is 5.91 Å². The van der Waals surface area contributed by atoms with Gasteiger partial charge in [0.15, 0.2) is 0 Å². The first kappa shape index (κ1) is 13.7. The van der Waals surface area contributed by atoms with Crippen LogP contribution in [0.15, 0.2) is 42.5 Å². The molecule has 3 rings (SSSR count). The fourth-order valence-electron chi connectivity index (χ4n) is 2.15. The maximum absolute atomic E-state index is 12.2. The molecule has 2 aromatic rings. The number of nitrogens with zero attached hydrogens (tertiary/aromatic N) is 1. The Balaban J connectivity index is 1.66. The Labute approximate surface area is 127 Å². The van der Waals surface area contributed by atoms with Crippen LogP contribution in [0.3, 0.4) is 0 Å². The predicted octanol–water partition coefficient (Wildman–Crippen LogP) is 2.87. The molecule has 0 fully saturated rings. The monoisotopic (exact) mass is 302 g/mol. The number of hydrazine groups is 2. The van der Waals surface area contributed by atoms with E-state index in [1.807, 2.05) is 43.4 Å². The molecule has 108 valence electrons. The van der Waals surface area contributed by atoms with E-state index in [0.717, 1.165) is 16.9 Å². The highest BCUT2D eigenvalue weighted by molar-refractivity contribution is 6.30. The van der Waals surface area contributed by atoms with Crippen LogP contribution in [0.5, 0.6) is 0 Å². The molecule has 0 bridgehead atoms. The van der Waals surface area contributed by atoms with Gasteiger partial charge in [0.1, 0.15) is 0 Å². The second-order valence-electron chi connectivity index (χ2n) is 4.85. The van der Waals surface area contributed by atoms with Crippen molar-refractivity contribution >= 4 is 28.9 Å². The zero-order valence-corrected chi connectivity index (χ0v) is 12.2. The summed E-state index contributed by atoms with van der Waals surface area (Å²) in [6, 6.07) is 12.9. The van der Waals surface area contributed by atoms with Crippen LogP contribution < -0.4 is 16.2 Å². The van der Waals surface area contributed by atoms with E-state index >= 15 is 0 Å². The summed E-state index contributed by atoms with van der Waals surface area (Å²) in [5, 5.41) is 5.32. The lowest BCUT2D eigenvalue weighted by Crippen LogP contribution is -2.24. The molecule has 0 unspecified atom stereocenters. The van der Waals surface area contributed by atoms with E-state index in [1.165, 1.54) is 0 Å². The van der Waals surface area contributed by atoms with Crippen molar-refractivity contribution in [3.8, 4) is 0 Å². The second kappa shape index (κ2) is 5.63. The van der Waals surface area contributed by atoms with Crippen molar-refractivity contribution in [2.75, 3.05) is 17.9 Å². The largest absolute Gasteiger partial charge is 0.348 e. The molecule has 5 nitrogen and oxygen atoms in total. The van der Waals surface area contributed by atoms with Crippen LogP contribution in [0.1, 0.15) is 15.9 Å². The van der Waals surface area contributed by atoms with Gasteiger partial charge in [-0.1, -0.05) is 23.7 Å². The third-order valence-electron chi connectivity index (χ3n) is 3.22. The number of anilines is 2. The van der Waals surface area contributed by atoms with E-state index in [1.54, 1.807) is 11.2 Å². The Hall–Kier alpha value is -2.24. The lowest BCUT2D eigenvalue weighted by Gasteiger charge is -2.07. The maximum Gasteiger partial charge on any atom is 0.251 e. The quantitative estimate of drug-likeness (QED) is 0.816. The Morgan fingerprint density at radius 3 is 2.62 bits per heavy atom. The molecule has 1 heterocycles. The van der Waals surface area contributed by atoms with Gasteiger partial charge in [0, 0.05) is 24.2 Å². The van der Waals surface area contributed by atoms with Gasteiger partial charge in [-0.2, -0.15) is 0 Å². The SMILES string of the molecule is CN1Nc2ccc(C(=O)NCc3ccc(Cl)cc3)cc2N1. The molecular weight excluding hydrogens is 288 g/mol. The van der Waals surface area contributed by atoms with Crippen molar-refractivity contribution in [3.05, 3.63) is 58.6 Å². The fourth-order valence-corrected chi connectivity index (χ4v) is 2.28. The molecule has 3 N–H and O–H groups in total. The second-order valence-corrected chi connectivity index (χ2v) is 5.29. The van der Waals surface area contributed by atoms with Gasteiger partial charge in [0.2, 0.25) is 0 Å². The van der Waals surface area contributed by atoms with Crippen LogP contribution in [-0.4, -0.2) is 18.1 Å². The van der Waals surface area contributed by atoms with Gasteiger partial charge >= 0.3 is 0 Å². The number of fused-ring (bicyclic) bond motifs is 1. The standard InChI is InChI=1S/C15H15ClN4O/c1-20-18-13-7-4-11(8-14(13)19-20)15(21)17-9-10-2-5-12(16)6-3-10/h2-8,18-19H,9H2,1H3,(H,17,21). The highest BCUT2D eigenvalue weighted by Crippen LogP contribution is 2.28. The zero-order valence-electron chi connectivity index (χ0n) is 11.5. The minimum atomic E-state index is -0.107. The maximum atomic E-state index is 12.2. The zero-order chi connectivity index (χ0) is 14.8. The van der Waals surface area contributed by atoms with Crippen LogP contribution in [0, 0.1) is 0 Å². The molecule has 0 aliphatic carbocycles. The van der Waals surface area contributed by atoms with E-state index in [9.17, 15) is 4.79 Å². The lowest BCUT2D eigenvalue weighted by atomic mass is 10.1. The average molecular weight is 303 g/mol. The van der Waals surface area contributed by atoms with Gasteiger partial charge in [-0.25, -0.2) is 0 Å². The number of nitrogens with one attached hydrogen (secondary N) is 3. The number of amides is 1. The summed E-state index contributed by atoms with van der Waals surface area (Å²) in [6.07, 6.45) is 0. The molecule has 1 aliphatic rings. The normalized spacial score (nSPS) is 13.2. The van der Waals surface area contributed by atoms with Gasteiger partial charge in [-0.05, 0) is 35.9 Å². The van der Waals surface area contributed by atoms with Gasteiger partial charge in [-0.3, -0.25) is 15.6 Å². The van der Waals surface area contributed by atoms with Crippen LogP contribution >= 0.6 is 11.6 Å². The van der Waals surface area contributed by atoms with E-state index in [4.69, 9.17) is 11.6 Å². The van der Waals surface area contributed by atoms with E-state index < -0.39 is 0 Å². The smallest absolute Gasteiger partial charge is 0.251 e. The van der Waals surface area contributed by atoms with Crippen LogP contribution in [0.25, 0.3) is 0 Å². The van der Waals surface area contributed by atoms with E-state index in [-0.39, 0.29) is 5.91 Å². The Morgan fingerprint density at radius 1 is 1.14 bits per heavy atom. The molecule has 1 aliphatic heterocycles. The average Bonchev–Trinajstić information content (AvgIpc) is 2.85. The molecule has 0 saturated carbocycles. The van der Waals surface area contributed by atoms with Crippen molar-refractivity contribution in [1.82, 2.24) is 10.4 Å². The highest BCUT2D eigenvalue weighted by atomic mass is 35.5. The number of hydrogen-bond donors (Lipinski definition) is 3. The molecule has 0 saturated heterocycles. The summed E-state index contributed by atoms with van der Waals surface area (Å²) in [5.41, 5.74) is 9.67. The first-order chi connectivity index (χ1) is 10.1. The molecule has 6 heteroatoms. The Morgan fingerprint density at radius 2 is 1.86 bits per heavy atom. The number of hydrogen-bond acceptors (Lipinski definition) is 4. The van der Waals surface area contributed by atoms with Crippen LogP contribution in [-0.2, 0) is 6.54 Å². The number of rotatable bonds is 3. The number of carbonyl (C=O) groups excluding carboxylic acids is 1. The summed E-state index contributed by atoms with van der Waals surface area (Å²) in [7, 11) is 1.86. The number of carbonyl (C=O) groups is 1. The Bertz CT molecular complexity index is 672. The molecule has 2 aromatic carbocycles. The molecule has 0 radical (unpaired) electrons. The van der Waals surface area contributed by atoms with Gasteiger partial charge in [-0.15, -0.1) is 5.12 Å². The van der Waals surface area contributed by atoms with Crippen molar-refractivity contribution in [1.29, 1.82) is 0 Å². The molecule has 0 spiro atoms. The number of benzene rings is 2. The van der Waals surface area contributed by atoms with Gasteiger partial charge < -0.3 is 5.32 Å². The third-order valence-corrected chi connectivity index (χ3v) is 3.48. The van der Waals surface area contributed by atoms with Crippen molar-refractivity contribution in [3.63, 3.8) is 0 Å². The lowest BCUT2D eigenvalue weighted by molar-refractivity contribution is 0.0951. The number of halogens is 1. The molecule has 0 aromatic heterocycles. The minimum absolute atomic E-state index is 0.107. The first-order valence-corrected chi connectivity index (χ1v) is 6.93. The molecular formula is C15H15ClN4O. The van der Waals surface area contributed by atoms with Crippen LogP contribution in [0.2, 0.25) is 5.02 Å².